The Labute approximate surface area is 126 Å². The molecule has 0 aliphatic rings. The Morgan fingerprint density at radius 3 is 2.62 bits per heavy atom. The summed E-state index contributed by atoms with van der Waals surface area (Å²) >= 11 is 1.31. The quantitative estimate of drug-likeness (QED) is 0.547. The molecule has 0 aliphatic carbocycles. The van der Waals surface area contributed by atoms with Crippen LogP contribution in [-0.4, -0.2) is 46.7 Å². The number of carboxylic acid groups (broad SMARTS) is 1. The van der Waals surface area contributed by atoms with Crippen molar-refractivity contribution in [3.05, 3.63) is 22.4 Å². The minimum Gasteiger partial charge on any atom is -0.481 e. The molecule has 0 spiro atoms. The van der Waals surface area contributed by atoms with Crippen molar-refractivity contribution >= 4 is 29.1 Å². The van der Waals surface area contributed by atoms with E-state index in [9.17, 15) is 19.5 Å². The number of nitrogens with one attached hydrogen (secondary N) is 2. The van der Waals surface area contributed by atoms with Gasteiger partial charge in [0.1, 0.15) is 0 Å². The van der Waals surface area contributed by atoms with Crippen LogP contribution in [0.5, 0.6) is 0 Å². The molecule has 1 aromatic rings. The molecule has 116 valence electrons. The van der Waals surface area contributed by atoms with E-state index in [-0.39, 0.29) is 31.3 Å². The van der Waals surface area contributed by atoms with Crippen LogP contribution in [0.1, 0.15) is 29.4 Å². The van der Waals surface area contributed by atoms with E-state index in [1.165, 1.54) is 18.3 Å². The summed E-state index contributed by atoms with van der Waals surface area (Å²) in [5.74, 6) is -1.75. The lowest BCUT2D eigenvalue weighted by Gasteiger charge is -2.21. The summed E-state index contributed by atoms with van der Waals surface area (Å²) in [5.41, 5.74) is -1.50. The van der Waals surface area contributed by atoms with E-state index in [0.717, 1.165) is 0 Å². The number of hydrogen-bond acceptors (Lipinski definition) is 5. The first-order valence-electron chi connectivity index (χ1n) is 6.33. The SMILES string of the molecule is CC(O)(CNC(=O)CCNC(=O)c1cccs1)CC(=O)O. The van der Waals surface area contributed by atoms with Gasteiger partial charge in [-0.15, -0.1) is 11.3 Å². The molecule has 0 fully saturated rings. The molecule has 1 aromatic heterocycles. The third kappa shape index (κ3) is 6.87. The van der Waals surface area contributed by atoms with Gasteiger partial charge in [-0.2, -0.15) is 0 Å². The van der Waals surface area contributed by atoms with E-state index in [1.807, 2.05) is 0 Å². The minimum atomic E-state index is -1.50. The third-order valence-electron chi connectivity index (χ3n) is 2.58. The van der Waals surface area contributed by atoms with Crippen LogP contribution in [0, 0.1) is 0 Å². The van der Waals surface area contributed by atoms with Gasteiger partial charge in [-0.25, -0.2) is 0 Å². The maximum absolute atomic E-state index is 11.6. The second-order valence-corrected chi connectivity index (χ2v) is 5.78. The van der Waals surface area contributed by atoms with Gasteiger partial charge in [-0.3, -0.25) is 14.4 Å². The van der Waals surface area contributed by atoms with Gasteiger partial charge >= 0.3 is 5.97 Å². The second-order valence-electron chi connectivity index (χ2n) is 4.83. The fourth-order valence-electron chi connectivity index (χ4n) is 1.55. The number of rotatable bonds is 8. The smallest absolute Gasteiger partial charge is 0.306 e. The van der Waals surface area contributed by atoms with Crippen molar-refractivity contribution < 1.29 is 24.6 Å². The number of aliphatic hydroxyl groups is 1. The van der Waals surface area contributed by atoms with Gasteiger partial charge in [0.15, 0.2) is 0 Å². The average molecular weight is 314 g/mol. The zero-order chi connectivity index (χ0) is 15.9. The number of aliphatic carboxylic acids is 1. The molecule has 0 saturated heterocycles. The van der Waals surface area contributed by atoms with Crippen LogP contribution in [0.3, 0.4) is 0 Å². The van der Waals surface area contributed by atoms with Crippen molar-refractivity contribution in [1.29, 1.82) is 0 Å². The Morgan fingerprint density at radius 1 is 1.33 bits per heavy atom. The van der Waals surface area contributed by atoms with E-state index in [2.05, 4.69) is 10.6 Å². The molecule has 0 bridgehead atoms. The van der Waals surface area contributed by atoms with Crippen LogP contribution in [0.25, 0.3) is 0 Å². The zero-order valence-electron chi connectivity index (χ0n) is 11.6. The Kier molecular flexibility index (Phi) is 6.32. The van der Waals surface area contributed by atoms with E-state index in [4.69, 9.17) is 5.11 Å². The van der Waals surface area contributed by atoms with Crippen LogP contribution >= 0.6 is 11.3 Å². The highest BCUT2D eigenvalue weighted by Crippen LogP contribution is 2.08. The second kappa shape index (κ2) is 7.75. The molecule has 1 atom stereocenters. The average Bonchev–Trinajstić information content (AvgIpc) is 2.88. The van der Waals surface area contributed by atoms with Gasteiger partial charge < -0.3 is 20.8 Å². The van der Waals surface area contributed by atoms with Crippen molar-refractivity contribution in [3.63, 3.8) is 0 Å². The topological polar surface area (TPSA) is 116 Å². The highest BCUT2D eigenvalue weighted by Gasteiger charge is 2.24. The van der Waals surface area contributed by atoms with Gasteiger partial charge in [0.2, 0.25) is 5.91 Å². The Bertz CT molecular complexity index is 499. The highest BCUT2D eigenvalue weighted by atomic mass is 32.1. The van der Waals surface area contributed by atoms with Crippen LogP contribution in [0.2, 0.25) is 0 Å². The molecule has 0 aliphatic heterocycles. The van der Waals surface area contributed by atoms with Gasteiger partial charge in [-0.05, 0) is 18.4 Å². The molecular weight excluding hydrogens is 296 g/mol. The van der Waals surface area contributed by atoms with Crippen molar-refractivity contribution in [2.75, 3.05) is 13.1 Å². The molecule has 0 aromatic carbocycles. The Balaban J connectivity index is 2.22. The number of carbonyl (C=O) groups is 3. The van der Waals surface area contributed by atoms with Crippen LogP contribution in [0.15, 0.2) is 17.5 Å². The van der Waals surface area contributed by atoms with Crippen LogP contribution < -0.4 is 10.6 Å². The minimum absolute atomic E-state index is 0.0558. The van der Waals surface area contributed by atoms with Gasteiger partial charge in [0.25, 0.3) is 5.91 Å². The third-order valence-corrected chi connectivity index (χ3v) is 3.45. The lowest BCUT2D eigenvalue weighted by Crippen LogP contribution is -2.42. The molecule has 0 saturated carbocycles. The monoisotopic (exact) mass is 314 g/mol. The standard InChI is InChI=1S/C13H18N2O5S/c1-13(20,7-11(17)18)8-15-10(16)4-5-14-12(19)9-3-2-6-21-9/h2-3,6,20H,4-5,7-8H2,1H3,(H,14,19)(H,15,16)(H,17,18). The largest absolute Gasteiger partial charge is 0.481 e. The van der Waals surface area contributed by atoms with Crippen LogP contribution in [0.4, 0.5) is 0 Å². The van der Waals surface area contributed by atoms with Crippen molar-refractivity contribution in [2.45, 2.75) is 25.4 Å². The molecule has 2 amide bonds. The number of amides is 2. The fraction of sp³-hybridized carbons (Fsp3) is 0.462. The van der Waals surface area contributed by atoms with Crippen molar-refractivity contribution in [2.24, 2.45) is 0 Å². The molecule has 8 heteroatoms. The van der Waals surface area contributed by atoms with E-state index in [0.29, 0.717) is 4.88 Å². The highest BCUT2D eigenvalue weighted by molar-refractivity contribution is 7.12. The number of carbonyl (C=O) groups excluding carboxylic acids is 2. The maximum atomic E-state index is 11.6. The molecule has 21 heavy (non-hydrogen) atoms. The Hall–Kier alpha value is -1.93. The van der Waals surface area contributed by atoms with Gasteiger partial charge in [-0.1, -0.05) is 6.07 Å². The van der Waals surface area contributed by atoms with Gasteiger partial charge in [0, 0.05) is 19.5 Å². The number of carboxylic acids is 1. The molecule has 0 radical (unpaired) electrons. The van der Waals surface area contributed by atoms with Crippen molar-refractivity contribution in [1.82, 2.24) is 10.6 Å². The lowest BCUT2D eigenvalue weighted by atomic mass is 10.0. The summed E-state index contributed by atoms with van der Waals surface area (Å²) < 4.78 is 0. The predicted octanol–water partition coefficient (Wildman–Crippen LogP) is 0.210. The van der Waals surface area contributed by atoms with Crippen LogP contribution in [-0.2, 0) is 9.59 Å². The molecule has 1 heterocycles. The summed E-state index contributed by atoms with van der Waals surface area (Å²) in [6, 6.07) is 3.44. The first kappa shape index (κ1) is 17.1. The lowest BCUT2D eigenvalue weighted by molar-refractivity contribution is -0.142. The summed E-state index contributed by atoms with van der Waals surface area (Å²) in [6.07, 6.45) is -0.400. The predicted molar refractivity (Wildman–Crippen MR) is 77.2 cm³/mol. The number of hydrogen-bond donors (Lipinski definition) is 4. The Morgan fingerprint density at radius 2 is 2.05 bits per heavy atom. The maximum Gasteiger partial charge on any atom is 0.306 e. The summed E-state index contributed by atoms with van der Waals surface area (Å²) in [5, 5.41) is 25.1. The normalized spacial score (nSPS) is 13.2. The molecule has 1 unspecified atom stereocenters. The van der Waals surface area contributed by atoms with E-state index < -0.39 is 18.0 Å². The van der Waals surface area contributed by atoms with E-state index in [1.54, 1.807) is 17.5 Å². The van der Waals surface area contributed by atoms with Crippen molar-refractivity contribution in [3.8, 4) is 0 Å². The molecule has 1 rings (SSSR count). The summed E-state index contributed by atoms with van der Waals surface area (Å²) in [4.78, 5) is 34.2. The summed E-state index contributed by atoms with van der Waals surface area (Å²) in [6.45, 7) is 1.35. The number of thiophene rings is 1. The van der Waals surface area contributed by atoms with E-state index >= 15 is 0 Å². The fourth-order valence-corrected chi connectivity index (χ4v) is 2.19. The van der Waals surface area contributed by atoms with Gasteiger partial charge in [0.05, 0.1) is 16.9 Å². The molecular formula is C13H18N2O5S. The first-order valence-corrected chi connectivity index (χ1v) is 7.21. The molecule has 4 N–H and O–H groups in total. The molecule has 7 nitrogen and oxygen atoms in total. The first-order chi connectivity index (χ1) is 9.80. The zero-order valence-corrected chi connectivity index (χ0v) is 12.4. The summed E-state index contributed by atoms with van der Waals surface area (Å²) in [7, 11) is 0.